The summed E-state index contributed by atoms with van der Waals surface area (Å²) in [4.78, 5) is 11.9. The van der Waals surface area contributed by atoms with E-state index in [1.807, 2.05) is 49.4 Å². The molecule has 1 amide bonds. The maximum absolute atomic E-state index is 11.9. The lowest BCUT2D eigenvalue weighted by molar-refractivity contribution is 0.0953. The third-order valence-corrected chi connectivity index (χ3v) is 3.00. The summed E-state index contributed by atoms with van der Waals surface area (Å²) in [5, 5.41) is 2.85. The fourth-order valence-corrected chi connectivity index (χ4v) is 1.90. The molecule has 2 aromatic carbocycles. The highest BCUT2D eigenvalue weighted by molar-refractivity contribution is 5.94. The van der Waals surface area contributed by atoms with Gasteiger partial charge in [0.1, 0.15) is 24.7 Å². The zero-order valence-corrected chi connectivity index (χ0v) is 12.7. The Balaban J connectivity index is 1.79. The van der Waals surface area contributed by atoms with Crippen LogP contribution in [0.2, 0.25) is 0 Å². The molecule has 0 aromatic heterocycles. The van der Waals surface area contributed by atoms with Gasteiger partial charge in [0.2, 0.25) is 0 Å². The summed E-state index contributed by atoms with van der Waals surface area (Å²) in [5.74, 6) is 1.41. The lowest BCUT2D eigenvalue weighted by Gasteiger charge is -2.09. The molecule has 2 rings (SSSR count). The van der Waals surface area contributed by atoms with Gasteiger partial charge in [-0.2, -0.15) is 0 Å². The molecule has 0 atom stereocenters. The first kappa shape index (κ1) is 15.9. The van der Waals surface area contributed by atoms with Crippen molar-refractivity contribution in [3.8, 4) is 11.5 Å². The second kappa shape index (κ2) is 8.72. The van der Waals surface area contributed by atoms with Gasteiger partial charge in [-0.1, -0.05) is 31.2 Å². The van der Waals surface area contributed by atoms with Crippen LogP contribution in [0, 0.1) is 0 Å². The number of para-hydroxylation sites is 1. The summed E-state index contributed by atoms with van der Waals surface area (Å²) in [6.45, 7) is 3.58. The van der Waals surface area contributed by atoms with E-state index >= 15 is 0 Å². The van der Waals surface area contributed by atoms with Gasteiger partial charge in [-0.25, -0.2) is 0 Å². The Morgan fingerprint density at radius 2 is 1.64 bits per heavy atom. The number of ether oxygens (including phenoxy) is 2. The molecule has 22 heavy (non-hydrogen) atoms. The van der Waals surface area contributed by atoms with Crippen LogP contribution in [0.5, 0.6) is 11.5 Å². The van der Waals surface area contributed by atoms with Gasteiger partial charge in [0, 0.05) is 12.1 Å². The van der Waals surface area contributed by atoms with E-state index in [0.29, 0.717) is 31.1 Å². The summed E-state index contributed by atoms with van der Waals surface area (Å²) in [6.07, 6.45) is 0.915. The number of hydrogen-bond donors (Lipinski definition) is 1. The number of amides is 1. The highest BCUT2D eigenvalue weighted by atomic mass is 16.5. The SMILES string of the molecule is CCCNC(=O)c1cccc(OCCOc2ccccc2)c1. The van der Waals surface area contributed by atoms with Crippen LogP contribution in [-0.2, 0) is 0 Å². The molecular weight excluding hydrogens is 278 g/mol. The molecule has 0 fully saturated rings. The first-order valence-corrected chi connectivity index (χ1v) is 7.48. The molecule has 0 aliphatic carbocycles. The maximum Gasteiger partial charge on any atom is 0.251 e. The molecule has 0 spiro atoms. The van der Waals surface area contributed by atoms with E-state index in [4.69, 9.17) is 9.47 Å². The van der Waals surface area contributed by atoms with E-state index in [0.717, 1.165) is 12.2 Å². The van der Waals surface area contributed by atoms with Crippen molar-refractivity contribution in [2.24, 2.45) is 0 Å². The fourth-order valence-electron chi connectivity index (χ4n) is 1.90. The Kier molecular flexibility index (Phi) is 6.30. The number of benzene rings is 2. The third kappa shape index (κ3) is 5.13. The van der Waals surface area contributed by atoms with Crippen molar-refractivity contribution >= 4 is 5.91 Å². The predicted octanol–water partition coefficient (Wildman–Crippen LogP) is 3.28. The van der Waals surface area contributed by atoms with Gasteiger partial charge < -0.3 is 14.8 Å². The van der Waals surface area contributed by atoms with Crippen LogP contribution in [0.3, 0.4) is 0 Å². The van der Waals surface area contributed by atoms with Crippen LogP contribution in [0.15, 0.2) is 54.6 Å². The minimum absolute atomic E-state index is 0.0761. The Labute approximate surface area is 131 Å². The average molecular weight is 299 g/mol. The number of rotatable bonds is 8. The molecule has 0 radical (unpaired) electrons. The lowest BCUT2D eigenvalue weighted by Crippen LogP contribution is -2.23. The van der Waals surface area contributed by atoms with Gasteiger partial charge in [0.25, 0.3) is 5.91 Å². The average Bonchev–Trinajstić information content (AvgIpc) is 2.58. The molecule has 0 saturated heterocycles. The predicted molar refractivity (Wildman–Crippen MR) is 86.5 cm³/mol. The van der Waals surface area contributed by atoms with E-state index in [1.165, 1.54) is 0 Å². The molecule has 0 saturated carbocycles. The van der Waals surface area contributed by atoms with Crippen LogP contribution >= 0.6 is 0 Å². The van der Waals surface area contributed by atoms with E-state index in [2.05, 4.69) is 5.32 Å². The Morgan fingerprint density at radius 3 is 2.36 bits per heavy atom. The van der Waals surface area contributed by atoms with E-state index in [1.54, 1.807) is 12.1 Å². The largest absolute Gasteiger partial charge is 0.490 e. The van der Waals surface area contributed by atoms with Gasteiger partial charge in [0.05, 0.1) is 0 Å². The van der Waals surface area contributed by atoms with Crippen LogP contribution in [0.1, 0.15) is 23.7 Å². The molecule has 0 aliphatic heterocycles. The molecule has 1 N–H and O–H groups in total. The van der Waals surface area contributed by atoms with Crippen molar-refractivity contribution in [3.05, 3.63) is 60.2 Å². The van der Waals surface area contributed by atoms with Gasteiger partial charge in [0.15, 0.2) is 0 Å². The van der Waals surface area contributed by atoms with Crippen LogP contribution in [0.25, 0.3) is 0 Å². The third-order valence-electron chi connectivity index (χ3n) is 3.00. The summed E-state index contributed by atoms with van der Waals surface area (Å²) in [5.41, 5.74) is 0.606. The Morgan fingerprint density at radius 1 is 0.955 bits per heavy atom. The van der Waals surface area contributed by atoms with Gasteiger partial charge in [-0.3, -0.25) is 4.79 Å². The molecule has 4 heteroatoms. The van der Waals surface area contributed by atoms with E-state index < -0.39 is 0 Å². The van der Waals surface area contributed by atoms with Crippen molar-refractivity contribution in [2.75, 3.05) is 19.8 Å². The molecule has 116 valence electrons. The molecule has 4 nitrogen and oxygen atoms in total. The summed E-state index contributed by atoms with van der Waals surface area (Å²) >= 11 is 0. The second-order valence-electron chi connectivity index (χ2n) is 4.79. The topological polar surface area (TPSA) is 47.6 Å². The van der Waals surface area contributed by atoms with Crippen LogP contribution < -0.4 is 14.8 Å². The maximum atomic E-state index is 11.9. The van der Waals surface area contributed by atoms with Crippen molar-refractivity contribution < 1.29 is 14.3 Å². The monoisotopic (exact) mass is 299 g/mol. The number of carbonyl (C=O) groups is 1. The fraction of sp³-hybridized carbons (Fsp3) is 0.278. The first-order chi connectivity index (χ1) is 10.8. The normalized spacial score (nSPS) is 10.0. The van der Waals surface area contributed by atoms with Gasteiger partial charge in [-0.15, -0.1) is 0 Å². The van der Waals surface area contributed by atoms with Crippen molar-refractivity contribution in [1.82, 2.24) is 5.32 Å². The molecule has 2 aromatic rings. The molecular formula is C18H21NO3. The Bertz CT molecular complexity index is 584. The standard InChI is InChI=1S/C18H21NO3/c1-2-11-19-18(20)15-7-6-10-17(14-15)22-13-12-21-16-8-4-3-5-9-16/h3-10,14H,2,11-13H2,1H3,(H,19,20). The van der Waals surface area contributed by atoms with E-state index in [9.17, 15) is 4.79 Å². The highest BCUT2D eigenvalue weighted by Gasteiger charge is 2.05. The summed E-state index contributed by atoms with van der Waals surface area (Å²) in [6, 6.07) is 16.8. The zero-order valence-electron chi connectivity index (χ0n) is 12.7. The quantitative estimate of drug-likeness (QED) is 0.761. The second-order valence-corrected chi connectivity index (χ2v) is 4.79. The van der Waals surface area contributed by atoms with Crippen molar-refractivity contribution in [3.63, 3.8) is 0 Å². The minimum Gasteiger partial charge on any atom is -0.490 e. The summed E-state index contributed by atoms with van der Waals surface area (Å²) < 4.78 is 11.2. The first-order valence-electron chi connectivity index (χ1n) is 7.48. The number of nitrogens with one attached hydrogen (secondary N) is 1. The van der Waals surface area contributed by atoms with Crippen LogP contribution in [-0.4, -0.2) is 25.7 Å². The molecule has 0 unspecified atom stereocenters. The summed E-state index contributed by atoms with van der Waals surface area (Å²) in [7, 11) is 0. The molecule has 0 heterocycles. The highest BCUT2D eigenvalue weighted by Crippen LogP contribution is 2.14. The van der Waals surface area contributed by atoms with Gasteiger partial charge >= 0.3 is 0 Å². The van der Waals surface area contributed by atoms with Gasteiger partial charge in [-0.05, 0) is 36.8 Å². The smallest absolute Gasteiger partial charge is 0.251 e. The number of carbonyl (C=O) groups excluding carboxylic acids is 1. The molecule has 0 aliphatic rings. The van der Waals surface area contributed by atoms with E-state index in [-0.39, 0.29) is 5.91 Å². The van der Waals surface area contributed by atoms with Crippen molar-refractivity contribution in [1.29, 1.82) is 0 Å². The number of hydrogen-bond acceptors (Lipinski definition) is 3. The van der Waals surface area contributed by atoms with Crippen LogP contribution in [0.4, 0.5) is 0 Å². The zero-order chi connectivity index (χ0) is 15.6. The Hall–Kier alpha value is -2.49. The van der Waals surface area contributed by atoms with Crippen molar-refractivity contribution in [2.45, 2.75) is 13.3 Å². The lowest BCUT2D eigenvalue weighted by atomic mass is 10.2. The minimum atomic E-state index is -0.0761. The molecule has 0 bridgehead atoms.